The third-order valence-electron chi connectivity index (χ3n) is 4.76. The van der Waals surface area contributed by atoms with Gasteiger partial charge in [0.25, 0.3) is 0 Å². The second kappa shape index (κ2) is 9.08. The predicted octanol–water partition coefficient (Wildman–Crippen LogP) is 1.52. The molecule has 1 saturated heterocycles. The van der Waals surface area contributed by atoms with Gasteiger partial charge in [0, 0.05) is 18.5 Å². The van der Waals surface area contributed by atoms with Crippen LogP contribution in [-0.2, 0) is 19.6 Å². The molecule has 2 atom stereocenters. The summed E-state index contributed by atoms with van der Waals surface area (Å²) in [5.41, 5.74) is -0.208. The summed E-state index contributed by atoms with van der Waals surface area (Å²) in [6.45, 7) is -1.13. The highest BCUT2D eigenvalue weighted by atomic mass is 32.2. The summed E-state index contributed by atoms with van der Waals surface area (Å²) in [4.78, 5) is 24.5. The van der Waals surface area contributed by atoms with Crippen molar-refractivity contribution in [1.29, 1.82) is 0 Å². The number of sulfonamides is 1. The molecule has 11 heteroatoms. The first-order chi connectivity index (χ1) is 14.6. The summed E-state index contributed by atoms with van der Waals surface area (Å²) in [6, 6.07) is 6.60. The van der Waals surface area contributed by atoms with E-state index in [1.54, 1.807) is 0 Å². The lowest BCUT2D eigenvalue weighted by Crippen LogP contribution is -2.41. The van der Waals surface area contributed by atoms with Crippen molar-refractivity contribution in [3.8, 4) is 5.75 Å². The maximum atomic E-state index is 13.3. The number of benzene rings is 2. The molecule has 0 spiro atoms. The molecule has 1 fully saturated rings. The zero-order chi connectivity index (χ0) is 22.8. The molecule has 1 aliphatic heterocycles. The topological polar surface area (TPSA) is 110 Å². The standard InChI is InChI=1S/C20H19F2NO7S/c1-29-14-3-5-15(6-4-14)31(27,28)23-10-13(24)9-18(23)20(26)30-11-19(25)12-2-7-16(21)17(22)8-12/h2-8,13,18,24H,9-11H2,1H3/t13?,18-/m1/s1. The Kier molecular flexibility index (Phi) is 6.68. The van der Waals surface area contributed by atoms with E-state index in [4.69, 9.17) is 9.47 Å². The smallest absolute Gasteiger partial charge is 0.325 e. The van der Waals surface area contributed by atoms with E-state index in [2.05, 4.69) is 0 Å². The lowest BCUT2D eigenvalue weighted by Gasteiger charge is -2.22. The van der Waals surface area contributed by atoms with Crippen LogP contribution in [0.5, 0.6) is 5.75 Å². The van der Waals surface area contributed by atoms with Gasteiger partial charge in [-0.05, 0) is 42.5 Å². The Morgan fingerprint density at radius 3 is 2.42 bits per heavy atom. The summed E-state index contributed by atoms with van der Waals surface area (Å²) in [5.74, 6) is -3.76. The van der Waals surface area contributed by atoms with Gasteiger partial charge in [0.15, 0.2) is 24.0 Å². The van der Waals surface area contributed by atoms with Crippen LogP contribution in [0.3, 0.4) is 0 Å². The molecule has 1 N–H and O–H groups in total. The van der Waals surface area contributed by atoms with Crippen LogP contribution < -0.4 is 4.74 Å². The number of aliphatic hydroxyl groups is 1. The summed E-state index contributed by atoms with van der Waals surface area (Å²) in [7, 11) is -2.73. The molecule has 3 rings (SSSR count). The van der Waals surface area contributed by atoms with Gasteiger partial charge in [0.1, 0.15) is 11.8 Å². The van der Waals surface area contributed by atoms with Gasteiger partial charge in [-0.3, -0.25) is 9.59 Å². The number of Topliss-reactive ketones (excluding diaryl/α,β-unsaturated/α-hetero) is 1. The van der Waals surface area contributed by atoms with Gasteiger partial charge in [0.05, 0.1) is 18.1 Å². The lowest BCUT2D eigenvalue weighted by molar-refractivity contribution is -0.146. The molecule has 0 amide bonds. The van der Waals surface area contributed by atoms with Crippen molar-refractivity contribution in [2.75, 3.05) is 20.3 Å². The zero-order valence-corrected chi connectivity index (χ0v) is 17.1. The number of ketones is 1. The Morgan fingerprint density at radius 2 is 1.81 bits per heavy atom. The summed E-state index contributed by atoms with van der Waals surface area (Å²) in [5, 5.41) is 9.95. The van der Waals surface area contributed by atoms with Gasteiger partial charge >= 0.3 is 5.97 Å². The quantitative estimate of drug-likeness (QED) is 0.498. The van der Waals surface area contributed by atoms with Crippen LogP contribution in [0.4, 0.5) is 8.78 Å². The summed E-state index contributed by atoms with van der Waals surface area (Å²) < 4.78 is 62.9. The predicted molar refractivity (Wildman–Crippen MR) is 103 cm³/mol. The normalized spacial score (nSPS) is 19.2. The fourth-order valence-corrected chi connectivity index (χ4v) is 4.76. The van der Waals surface area contributed by atoms with E-state index in [0.717, 1.165) is 16.4 Å². The number of aliphatic hydroxyl groups excluding tert-OH is 1. The minimum Gasteiger partial charge on any atom is -0.497 e. The average molecular weight is 455 g/mol. The number of hydrogen-bond acceptors (Lipinski definition) is 7. The third-order valence-corrected chi connectivity index (χ3v) is 6.65. The van der Waals surface area contributed by atoms with Crippen LogP contribution in [0.15, 0.2) is 47.4 Å². The molecule has 2 aromatic carbocycles. The van der Waals surface area contributed by atoms with Crippen LogP contribution in [0.25, 0.3) is 0 Å². The molecule has 0 saturated carbocycles. The fourth-order valence-electron chi connectivity index (χ4n) is 3.13. The minimum atomic E-state index is -4.15. The van der Waals surface area contributed by atoms with Crippen LogP contribution in [0.1, 0.15) is 16.8 Å². The fraction of sp³-hybridized carbons (Fsp3) is 0.300. The number of hydrogen-bond donors (Lipinski definition) is 1. The zero-order valence-electron chi connectivity index (χ0n) is 16.3. The molecular weight excluding hydrogens is 436 g/mol. The minimum absolute atomic E-state index is 0.113. The number of ether oxygens (including phenoxy) is 2. The molecule has 0 radical (unpaired) electrons. The Labute approximate surface area is 177 Å². The van der Waals surface area contributed by atoms with Crippen molar-refractivity contribution in [2.45, 2.75) is 23.5 Å². The molecule has 2 aromatic rings. The van der Waals surface area contributed by atoms with Gasteiger partial charge in [-0.15, -0.1) is 0 Å². The second-order valence-electron chi connectivity index (χ2n) is 6.82. The van der Waals surface area contributed by atoms with Gasteiger partial charge in [-0.2, -0.15) is 4.31 Å². The number of β-amino-alcohol motifs (C(OH)–C–C–N with tert-alkyl or cyclic N) is 1. The number of carbonyl (C=O) groups excluding carboxylic acids is 2. The number of methoxy groups -OCH3 is 1. The highest BCUT2D eigenvalue weighted by Crippen LogP contribution is 2.28. The number of rotatable bonds is 7. The van der Waals surface area contributed by atoms with Crippen LogP contribution >= 0.6 is 0 Å². The molecular formula is C20H19F2NO7S. The van der Waals surface area contributed by atoms with Crippen molar-refractivity contribution < 1.29 is 41.4 Å². The highest BCUT2D eigenvalue weighted by Gasteiger charge is 2.44. The van der Waals surface area contributed by atoms with E-state index in [1.807, 2.05) is 0 Å². The van der Waals surface area contributed by atoms with E-state index >= 15 is 0 Å². The van der Waals surface area contributed by atoms with E-state index in [0.29, 0.717) is 11.8 Å². The van der Waals surface area contributed by atoms with Gasteiger partial charge in [-0.25, -0.2) is 17.2 Å². The van der Waals surface area contributed by atoms with Crippen molar-refractivity contribution in [1.82, 2.24) is 4.31 Å². The highest BCUT2D eigenvalue weighted by molar-refractivity contribution is 7.89. The maximum absolute atomic E-state index is 13.3. The second-order valence-corrected chi connectivity index (χ2v) is 8.71. The number of nitrogens with zero attached hydrogens (tertiary/aromatic N) is 1. The van der Waals surface area contributed by atoms with Crippen molar-refractivity contribution in [3.63, 3.8) is 0 Å². The Balaban J connectivity index is 1.72. The van der Waals surface area contributed by atoms with Crippen molar-refractivity contribution in [3.05, 3.63) is 59.7 Å². The Bertz CT molecular complexity index is 1090. The van der Waals surface area contributed by atoms with Crippen molar-refractivity contribution in [2.24, 2.45) is 0 Å². The third kappa shape index (κ3) is 4.89. The molecule has 1 heterocycles. The van der Waals surface area contributed by atoms with Gasteiger partial charge in [-0.1, -0.05) is 0 Å². The van der Waals surface area contributed by atoms with Gasteiger partial charge in [0.2, 0.25) is 10.0 Å². The average Bonchev–Trinajstić information content (AvgIpc) is 3.16. The number of esters is 1. The van der Waals surface area contributed by atoms with Crippen LogP contribution in [0.2, 0.25) is 0 Å². The number of halogens is 2. The Morgan fingerprint density at radius 1 is 1.13 bits per heavy atom. The monoisotopic (exact) mass is 455 g/mol. The molecule has 166 valence electrons. The maximum Gasteiger partial charge on any atom is 0.325 e. The molecule has 31 heavy (non-hydrogen) atoms. The lowest BCUT2D eigenvalue weighted by atomic mass is 10.1. The first-order valence-electron chi connectivity index (χ1n) is 9.12. The van der Waals surface area contributed by atoms with Crippen LogP contribution in [0, 0.1) is 11.6 Å². The Hall–Kier alpha value is -2.89. The molecule has 8 nitrogen and oxygen atoms in total. The number of carbonyl (C=O) groups is 2. The largest absolute Gasteiger partial charge is 0.497 e. The van der Waals surface area contributed by atoms with E-state index in [-0.39, 0.29) is 23.4 Å². The summed E-state index contributed by atoms with van der Waals surface area (Å²) >= 11 is 0. The first kappa shape index (κ1) is 22.8. The van der Waals surface area contributed by atoms with Crippen LogP contribution in [-0.4, -0.2) is 62.0 Å². The molecule has 0 aromatic heterocycles. The van der Waals surface area contributed by atoms with E-state index in [9.17, 15) is 31.9 Å². The van der Waals surface area contributed by atoms with E-state index < -0.39 is 52.2 Å². The van der Waals surface area contributed by atoms with E-state index in [1.165, 1.54) is 31.4 Å². The summed E-state index contributed by atoms with van der Waals surface area (Å²) in [6.07, 6.45) is -1.32. The van der Waals surface area contributed by atoms with Gasteiger partial charge < -0.3 is 14.6 Å². The molecule has 0 bridgehead atoms. The molecule has 1 aliphatic rings. The molecule has 0 aliphatic carbocycles. The molecule has 1 unspecified atom stereocenters. The first-order valence-corrected chi connectivity index (χ1v) is 10.6. The SMILES string of the molecule is COc1ccc(S(=O)(=O)N2CC(O)C[C@@H]2C(=O)OCC(=O)c2ccc(F)c(F)c2)cc1. The van der Waals surface area contributed by atoms with Crippen molar-refractivity contribution >= 4 is 21.8 Å².